The lowest BCUT2D eigenvalue weighted by Crippen LogP contribution is -1.82. The van der Waals surface area contributed by atoms with E-state index < -0.39 is 0 Å². The first-order valence-corrected chi connectivity index (χ1v) is 9.33. The van der Waals surface area contributed by atoms with Crippen LogP contribution in [0.1, 0.15) is 5.01 Å². The van der Waals surface area contributed by atoms with Crippen LogP contribution >= 0.6 is 50.6 Å². The zero-order valence-electron chi connectivity index (χ0n) is 10.9. The normalized spacial score (nSPS) is 10.8. The molecule has 0 fully saturated rings. The Hall–Kier alpha value is -0.810. The van der Waals surface area contributed by atoms with E-state index in [1.54, 1.807) is 23.1 Å². The molecule has 0 N–H and O–H groups in total. The molecule has 2 aromatic carbocycles. The van der Waals surface area contributed by atoms with Gasteiger partial charge in [-0.25, -0.2) is 4.98 Å². The molecule has 1 aromatic heterocycles. The first kappa shape index (κ1) is 15.1. The van der Waals surface area contributed by atoms with Gasteiger partial charge < -0.3 is 0 Å². The van der Waals surface area contributed by atoms with Gasteiger partial charge in [0.15, 0.2) is 0 Å². The minimum atomic E-state index is 0.768. The number of aromatic nitrogens is 1. The zero-order valence-corrected chi connectivity index (χ0v) is 14.9. The van der Waals surface area contributed by atoms with Crippen LogP contribution in [0, 0.1) is 0 Å². The zero-order chi connectivity index (χ0) is 14.7. The Morgan fingerprint density at radius 3 is 2.62 bits per heavy atom. The highest BCUT2D eigenvalue weighted by Gasteiger charge is 2.07. The summed E-state index contributed by atoms with van der Waals surface area (Å²) in [6, 6.07) is 16.1. The van der Waals surface area contributed by atoms with Gasteiger partial charge in [-0.15, -0.1) is 23.1 Å². The highest BCUT2D eigenvalue weighted by atomic mass is 79.9. The van der Waals surface area contributed by atoms with E-state index in [4.69, 9.17) is 16.6 Å². The van der Waals surface area contributed by atoms with Gasteiger partial charge in [0.25, 0.3) is 0 Å². The molecular weight excluding hydrogens is 386 g/mol. The molecule has 5 heteroatoms. The van der Waals surface area contributed by atoms with Crippen LogP contribution in [0.4, 0.5) is 0 Å². The Kier molecular flexibility index (Phi) is 5.01. The van der Waals surface area contributed by atoms with E-state index in [-0.39, 0.29) is 0 Å². The topological polar surface area (TPSA) is 12.9 Å². The maximum atomic E-state index is 5.89. The molecule has 0 spiro atoms. The summed E-state index contributed by atoms with van der Waals surface area (Å²) in [5.41, 5.74) is 2.16. The van der Waals surface area contributed by atoms with E-state index in [0.29, 0.717) is 0 Å². The summed E-state index contributed by atoms with van der Waals surface area (Å²) in [6.07, 6.45) is 0. The van der Waals surface area contributed by atoms with Crippen molar-refractivity contribution in [1.82, 2.24) is 4.98 Å². The molecular formula is C16H11BrClNS2. The quantitative estimate of drug-likeness (QED) is 0.466. The fraction of sp³-hybridized carbons (Fsp3) is 0.0625. The molecule has 106 valence electrons. The molecule has 1 nitrogen and oxygen atoms in total. The predicted octanol–water partition coefficient (Wildman–Crippen LogP) is 6.52. The SMILES string of the molecule is Clc1ccc(SCc2nc(-c3ccccc3Br)cs2)cc1. The van der Waals surface area contributed by atoms with Crippen LogP contribution < -0.4 is 0 Å². The van der Waals surface area contributed by atoms with Gasteiger partial charge in [0.05, 0.1) is 11.4 Å². The summed E-state index contributed by atoms with van der Waals surface area (Å²) in [6.45, 7) is 0. The van der Waals surface area contributed by atoms with Crippen molar-refractivity contribution in [3.8, 4) is 11.3 Å². The summed E-state index contributed by atoms with van der Waals surface area (Å²) in [7, 11) is 0. The minimum absolute atomic E-state index is 0.768. The maximum absolute atomic E-state index is 5.89. The lowest BCUT2D eigenvalue weighted by molar-refractivity contribution is 1.26. The van der Waals surface area contributed by atoms with Crippen molar-refractivity contribution in [3.05, 3.63) is 68.4 Å². The van der Waals surface area contributed by atoms with Crippen LogP contribution in [0.15, 0.2) is 63.3 Å². The Morgan fingerprint density at radius 1 is 1.10 bits per heavy atom. The van der Waals surface area contributed by atoms with Crippen molar-refractivity contribution >= 4 is 50.6 Å². The van der Waals surface area contributed by atoms with E-state index in [1.165, 1.54) is 4.90 Å². The largest absolute Gasteiger partial charge is 0.240 e. The summed E-state index contributed by atoms with van der Waals surface area (Å²) < 4.78 is 1.08. The second-order valence-corrected chi connectivity index (χ2v) is 7.63. The molecule has 0 unspecified atom stereocenters. The first-order valence-electron chi connectivity index (χ1n) is 6.30. The van der Waals surface area contributed by atoms with Crippen molar-refractivity contribution in [1.29, 1.82) is 0 Å². The number of nitrogens with zero attached hydrogens (tertiary/aromatic N) is 1. The molecule has 1 heterocycles. The molecule has 21 heavy (non-hydrogen) atoms. The summed E-state index contributed by atoms with van der Waals surface area (Å²) in [5, 5.41) is 4.00. The molecule has 3 rings (SSSR count). The molecule has 0 saturated carbocycles. The third-order valence-electron chi connectivity index (χ3n) is 2.88. The molecule has 0 radical (unpaired) electrons. The van der Waals surface area contributed by atoms with Crippen molar-refractivity contribution in [3.63, 3.8) is 0 Å². The lowest BCUT2D eigenvalue weighted by Gasteiger charge is -2.00. The van der Waals surface area contributed by atoms with Gasteiger partial charge in [0.2, 0.25) is 0 Å². The number of hydrogen-bond donors (Lipinski definition) is 0. The van der Waals surface area contributed by atoms with Gasteiger partial charge in [-0.05, 0) is 30.3 Å². The lowest BCUT2D eigenvalue weighted by atomic mass is 10.2. The van der Waals surface area contributed by atoms with Crippen molar-refractivity contribution in [2.24, 2.45) is 0 Å². The van der Waals surface area contributed by atoms with E-state index >= 15 is 0 Å². The predicted molar refractivity (Wildman–Crippen MR) is 96.3 cm³/mol. The Bertz CT molecular complexity index is 740. The number of thioether (sulfide) groups is 1. The second-order valence-electron chi connectivity index (χ2n) is 4.35. The van der Waals surface area contributed by atoms with Gasteiger partial charge in [0, 0.05) is 25.3 Å². The standard InChI is InChI=1S/C16H11BrClNS2/c17-14-4-2-1-3-13(14)15-9-21-16(19-15)10-20-12-7-5-11(18)6-8-12/h1-9H,10H2. The monoisotopic (exact) mass is 395 g/mol. The maximum Gasteiger partial charge on any atom is 0.104 e. The van der Waals surface area contributed by atoms with Crippen molar-refractivity contribution in [2.45, 2.75) is 10.6 Å². The van der Waals surface area contributed by atoms with Crippen LogP contribution in [0.25, 0.3) is 11.3 Å². The summed E-state index contributed by atoms with van der Waals surface area (Å²) >= 11 is 12.9. The molecule has 0 bridgehead atoms. The fourth-order valence-electron chi connectivity index (χ4n) is 1.85. The highest BCUT2D eigenvalue weighted by Crippen LogP contribution is 2.31. The third-order valence-corrected chi connectivity index (χ3v) is 5.88. The van der Waals surface area contributed by atoms with Gasteiger partial charge in [-0.1, -0.05) is 45.7 Å². The van der Waals surface area contributed by atoms with Crippen LogP contribution in [-0.4, -0.2) is 4.98 Å². The number of rotatable bonds is 4. The van der Waals surface area contributed by atoms with Crippen molar-refractivity contribution < 1.29 is 0 Å². The fourth-order valence-corrected chi connectivity index (χ4v) is 4.17. The molecule has 0 saturated heterocycles. The van der Waals surface area contributed by atoms with Crippen molar-refractivity contribution in [2.75, 3.05) is 0 Å². The third kappa shape index (κ3) is 3.89. The first-order chi connectivity index (χ1) is 10.2. The van der Waals surface area contributed by atoms with Crippen LogP contribution in [0.2, 0.25) is 5.02 Å². The number of thiazole rings is 1. The molecule has 0 aliphatic heterocycles. The number of halogens is 2. The second kappa shape index (κ2) is 6.97. The van der Waals surface area contributed by atoms with Crippen LogP contribution in [0.5, 0.6) is 0 Å². The van der Waals surface area contributed by atoms with Gasteiger partial charge in [0.1, 0.15) is 5.01 Å². The molecule has 0 aliphatic carbocycles. The van der Waals surface area contributed by atoms with E-state index in [9.17, 15) is 0 Å². The van der Waals surface area contributed by atoms with E-state index in [2.05, 4.69) is 27.4 Å². The highest BCUT2D eigenvalue weighted by molar-refractivity contribution is 9.10. The number of hydrogen-bond acceptors (Lipinski definition) is 3. The minimum Gasteiger partial charge on any atom is -0.240 e. The Morgan fingerprint density at radius 2 is 1.86 bits per heavy atom. The van der Waals surface area contributed by atoms with Crippen LogP contribution in [0.3, 0.4) is 0 Å². The number of benzene rings is 2. The molecule has 0 aliphatic rings. The van der Waals surface area contributed by atoms with Crippen LogP contribution in [-0.2, 0) is 5.75 Å². The van der Waals surface area contributed by atoms with Gasteiger partial charge in [-0.2, -0.15) is 0 Å². The van der Waals surface area contributed by atoms with E-state index in [0.717, 1.165) is 31.5 Å². The summed E-state index contributed by atoms with van der Waals surface area (Å²) in [4.78, 5) is 5.92. The smallest absolute Gasteiger partial charge is 0.104 e. The summed E-state index contributed by atoms with van der Waals surface area (Å²) in [5.74, 6) is 0.872. The Balaban J connectivity index is 1.71. The molecule has 0 amide bonds. The van der Waals surface area contributed by atoms with E-state index in [1.807, 2.05) is 42.5 Å². The molecule has 3 aromatic rings. The van der Waals surface area contributed by atoms with Gasteiger partial charge >= 0.3 is 0 Å². The van der Waals surface area contributed by atoms with Gasteiger partial charge in [-0.3, -0.25) is 0 Å². The average Bonchev–Trinajstić information content (AvgIpc) is 2.96. The average molecular weight is 397 g/mol. The molecule has 0 atom stereocenters. The Labute approximate surface area is 145 Å².